The predicted octanol–water partition coefficient (Wildman–Crippen LogP) is 5.11. The van der Waals surface area contributed by atoms with Crippen LogP contribution >= 0.6 is 35.0 Å². The minimum atomic E-state index is -0.313. The number of anilines is 1. The fourth-order valence-corrected chi connectivity index (χ4v) is 3.69. The van der Waals surface area contributed by atoms with Crippen LogP contribution in [-0.2, 0) is 4.79 Å². The van der Waals surface area contributed by atoms with E-state index in [1.807, 2.05) is 6.92 Å². The fraction of sp³-hybridized carbons (Fsp3) is 0.250. The van der Waals surface area contributed by atoms with Crippen LogP contribution in [0.5, 0.6) is 17.2 Å². The number of nitrogens with one attached hydrogen (secondary N) is 1. The number of hydrogen-bond donors (Lipinski definition) is 1. The molecule has 164 valence electrons. The number of nitrogens with zero attached hydrogens (tertiary/aromatic N) is 2. The SMILES string of the molecule is COc1cc(-c2nnc(SCC(=O)Nc3c(Cl)ccc(C)c3Cl)o2)cc(OC)c1OC. The number of amides is 1. The maximum absolute atomic E-state index is 12.3. The third-order valence-electron chi connectivity index (χ3n) is 4.19. The van der Waals surface area contributed by atoms with Gasteiger partial charge in [0.15, 0.2) is 11.5 Å². The summed E-state index contributed by atoms with van der Waals surface area (Å²) in [5, 5.41) is 11.7. The Bertz CT molecular complexity index is 1080. The van der Waals surface area contributed by atoms with Gasteiger partial charge in [-0.25, -0.2) is 0 Å². The number of rotatable bonds is 8. The Labute approximate surface area is 193 Å². The molecule has 3 rings (SSSR count). The van der Waals surface area contributed by atoms with Gasteiger partial charge >= 0.3 is 0 Å². The molecule has 0 spiro atoms. The van der Waals surface area contributed by atoms with Crippen molar-refractivity contribution in [3.63, 3.8) is 0 Å². The largest absolute Gasteiger partial charge is 0.493 e. The summed E-state index contributed by atoms with van der Waals surface area (Å²) in [6.45, 7) is 1.83. The third kappa shape index (κ3) is 5.17. The van der Waals surface area contributed by atoms with Gasteiger partial charge in [0.05, 0.1) is 42.8 Å². The molecule has 2 aromatic carbocycles. The van der Waals surface area contributed by atoms with E-state index >= 15 is 0 Å². The van der Waals surface area contributed by atoms with Gasteiger partial charge < -0.3 is 23.9 Å². The van der Waals surface area contributed by atoms with E-state index in [0.717, 1.165) is 17.3 Å². The van der Waals surface area contributed by atoms with E-state index in [1.165, 1.54) is 21.3 Å². The Balaban J connectivity index is 1.71. The molecule has 0 radical (unpaired) electrons. The summed E-state index contributed by atoms with van der Waals surface area (Å²) >= 11 is 13.4. The van der Waals surface area contributed by atoms with Crippen molar-refractivity contribution in [3.8, 4) is 28.7 Å². The van der Waals surface area contributed by atoms with Crippen LogP contribution in [0, 0.1) is 6.92 Å². The summed E-state index contributed by atoms with van der Waals surface area (Å²) < 4.78 is 21.6. The van der Waals surface area contributed by atoms with Gasteiger partial charge in [-0.2, -0.15) is 0 Å². The number of benzene rings is 2. The Hall–Kier alpha value is -2.62. The van der Waals surface area contributed by atoms with E-state index in [0.29, 0.717) is 38.5 Å². The van der Waals surface area contributed by atoms with Crippen LogP contribution in [0.1, 0.15) is 5.56 Å². The molecule has 8 nitrogen and oxygen atoms in total. The molecule has 0 aliphatic carbocycles. The number of halogens is 2. The molecule has 1 aromatic heterocycles. The van der Waals surface area contributed by atoms with E-state index in [-0.39, 0.29) is 22.8 Å². The highest BCUT2D eigenvalue weighted by atomic mass is 35.5. The van der Waals surface area contributed by atoms with Gasteiger partial charge in [0.25, 0.3) is 5.22 Å². The first-order valence-corrected chi connectivity index (χ1v) is 10.6. The Morgan fingerprint density at radius 1 is 1.10 bits per heavy atom. The maximum Gasteiger partial charge on any atom is 0.277 e. The van der Waals surface area contributed by atoms with Gasteiger partial charge in [0.2, 0.25) is 17.5 Å². The van der Waals surface area contributed by atoms with Gasteiger partial charge in [0, 0.05) is 5.56 Å². The van der Waals surface area contributed by atoms with Crippen LogP contribution in [0.4, 0.5) is 5.69 Å². The van der Waals surface area contributed by atoms with Gasteiger partial charge in [-0.1, -0.05) is 41.0 Å². The highest BCUT2D eigenvalue weighted by Crippen LogP contribution is 2.41. The van der Waals surface area contributed by atoms with E-state index < -0.39 is 0 Å². The van der Waals surface area contributed by atoms with Crippen molar-refractivity contribution in [2.45, 2.75) is 12.1 Å². The lowest BCUT2D eigenvalue weighted by atomic mass is 10.2. The van der Waals surface area contributed by atoms with Gasteiger partial charge in [-0.3, -0.25) is 4.79 Å². The van der Waals surface area contributed by atoms with Crippen LogP contribution in [0.15, 0.2) is 33.9 Å². The van der Waals surface area contributed by atoms with Gasteiger partial charge in [0.1, 0.15) is 0 Å². The lowest BCUT2D eigenvalue weighted by Crippen LogP contribution is -2.15. The topological polar surface area (TPSA) is 95.7 Å². The molecule has 3 aromatic rings. The molecular formula is C20H19Cl2N3O5S. The summed E-state index contributed by atoms with van der Waals surface area (Å²) in [5.41, 5.74) is 1.76. The molecule has 0 fully saturated rings. The summed E-state index contributed by atoms with van der Waals surface area (Å²) in [5.74, 6) is 1.32. The van der Waals surface area contributed by atoms with Crippen molar-refractivity contribution in [1.29, 1.82) is 0 Å². The number of thioether (sulfide) groups is 1. The minimum absolute atomic E-state index is 0.0253. The number of ether oxygens (including phenoxy) is 3. The van der Waals surface area contributed by atoms with Crippen LogP contribution in [0.3, 0.4) is 0 Å². The van der Waals surface area contributed by atoms with E-state index in [1.54, 1.807) is 24.3 Å². The Kier molecular flexibility index (Phi) is 7.53. The molecule has 11 heteroatoms. The molecule has 0 aliphatic heterocycles. The molecule has 0 saturated heterocycles. The number of hydrogen-bond acceptors (Lipinski definition) is 8. The summed E-state index contributed by atoms with van der Waals surface area (Å²) in [7, 11) is 4.55. The van der Waals surface area contributed by atoms with Crippen LogP contribution < -0.4 is 19.5 Å². The summed E-state index contributed by atoms with van der Waals surface area (Å²) in [6.07, 6.45) is 0. The number of aryl methyl sites for hydroxylation is 1. The normalized spacial score (nSPS) is 10.6. The molecule has 0 atom stereocenters. The monoisotopic (exact) mass is 483 g/mol. The predicted molar refractivity (Wildman–Crippen MR) is 120 cm³/mol. The first-order chi connectivity index (χ1) is 14.9. The zero-order valence-electron chi connectivity index (χ0n) is 17.1. The summed E-state index contributed by atoms with van der Waals surface area (Å²) in [4.78, 5) is 12.3. The van der Waals surface area contributed by atoms with Crippen molar-refractivity contribution < 1.29 is 23.4 Å². The van der Waals surface area contributed by atoms with Crippen LogP contribution in [0.2, 0.25) is 10.0 Å². The molecule has 1 heterocycles. The molecule has 0 unspecified atom stereocenters. The highest BCUT2D eigenvalue weighted by molar-refractivity contribution is 7.99. The zero-order valence-corrected chi connectivity index (χ0v) is 19.4. The van der Waals surface area contributed by atoms with Crippen LogP contribution in [-0.4, -0.2) is 43.2 Å². The number of carbonyl (C=O) groups is 1. The molecular weight excluding hydrogens is 465 g/mol. The van der Waals surface area contributed by atoms with Crippen LogP contribution in [0.25, 0.3) is 11.5 Å². The van der Waals surface area contributed by atoms with Crippen molar-refractivity contribution >= 4 is 46.6 Å². The summed E-state index contributed by atoms with van der Waals surface area (Å²) in [6, 6.07) is 6.83. The lowest BCUT2D eigenvalue weighted by Gasteiger charge is -2.12. The minimum Gasteiger partial charge on any atom is -0.493 e. The van der Waals surface area contributed by atoms with Crippen molar-refractivity contribution in [2.75, 3.05) is 32.4 Å². The number of methoxy groups -OCH3 is 3. The second-order valence-electron chi connectivity index (χ2n) is 6.18. The van der Waals surface area contributed by atoms with Gasteiger partial charge in [-0.05, 0) is 30.7 Å². The Morgan fingerprint density at radius 3 is 2.39 bits per heavy atom. The standard InChI is InChI=1S/C20H19Cl2N3O5S/c1-10-5-6-12(21)17(16(10)22)23-15(26)9-31-20-25-24-19(30-20)11-7-13(27-2)18(29-4)14(8-11)28-3/h5-8H,9H2,1-4H3,(H,23,26). The second kappa shape index (κ2) is 10.1. The van der Waals surface area contributed by atoms with E-state index in [2.05, 4.69) is 15.5 Å². The smallest absolute Gasteiger partial charge is 0.277 e. The number of aromatic nitrogens is 2. The van der Waals surface area contributed by atoms with Crippen molar-refractivity contribution in [3.05, 3.63) is 39.9 Å². The molecule has 31 heavy (non-hydrogen) atoms. The average Bonchev–Trinajstić information content (AvgIpc) is 3.26. The molecule has 0 aliphatic rings. The van der Waals surface area contributed by atoms with E-state index in [9.17, 15) is 4.79 Å². The number of carbonyl (C=O) groups excluding carboxylic acids is 1. The van der Waals surface area contributed by atoms with Crippen molar-refractivity contribution in [1.82, 2.24) is 10.2 Å². The van der Waals surface area contributed by atoms with E-state index in [4.69, 9.17) is 41.8 Å². The lowest BCUT2D eigenvalue weighted by molar-refractivity contribution is -0.113. The van der Waals surface area contributed by atoms with Gasteiger partial charge in [-0.15, -0.1) is 10.2 Å². The molecule has 1 amide bonds. The average molecular weight is 484 g/mol. The van der Waals surface area contributed by atoms with Crippen molar-refractivity contribution in [2.24, 2.45) is 0 Å². The third-order valence-corrected chi connectivity index (χ3v) is 5.81. The fourth-order valence-electron chi connectivity index (χ4n) is 2.66. The second-order valence-corrected chi connectivity index (χ2v) is 7.89. The first kappa shape index (κ1) is 23.1. The first-order valence-electron chi connectivity index (χ1n) is 8.89. The molecule has 1 N–H and O–H groups in total. The Morgan fingerprint density at radius 2 is 1.77 bits per heavy atom. The quantitative estimate of drug-likeness (QED) is 0.441. The molecule has 0 saturated carbocycles. The maximum atomic E-state index is 12.3. The molecule has 0 bridgehead atoms. The zero-order chi connectivity index (χ0) is 22.5. The highest BCUT2D eigenvalue weighted by Gasteiger charge is 2.18.